The molecule has 4 nitrogen and oxygen atoms in total. The molecule has 3 fully saturated rings. The van der Waals surface area contributed by atoms with Crippen molar-refractivity contribution in [3.05, 3.63) is 35.9 Å². The van der Waals surface area contributed by atoms with E-state index in [4.69, 9.17) is 4.74 Å². The summed E-state index contributed by atoms with van der Waals surface area (Å²) in [4.78, 5) is 13.2. The first-order chi connectivity index (χ1) is 11.9. The van der Waals surface area contributed by atoms with Gasteiger partial charge in [0, 0.05) is 25.2 Å². The zero-order chi connectivity index (χ0) is 17.7. The number of carbonyl (C=O) groups excluding carboxylic acids is 1. The molecule has 1 aromatic carbocycles. The highest BCUT2D eigenvalue weighted by molar-refractivity contribution is 5.82. The molecule has 1 N–H and O–H groups in total. The normalized spacial score (nSPS) is 32.0. The molecule has 0 aromatic heterocycles. The molecule has 144 valence electrons. The average Bonchev–Trinajstić information content (AvgIpc) is 3.30. The molecule has 1 aromatic rings. The number of hydrogen-bond acceptors (Lipinski definition) is 3. The number of likely N-dealkylation sites (N-methyl/N-ethyl adjacent to an activating group) is 1. The van der Waals surface area contributed by atoms with Crippen LogP contribution in [0.1, 0.15) is 50.5 Å². The zero-order valence-corrected chi connectivity index (χ0v) is 17.3. The van der Waals surface area contributed by atoms with Gasteiger partial charge in [-0.05, 0) is 18.4 Å². The highest BCUT2D eigenvalue weighted by atomic mass is 79.9. The number of carbonyl (C=O) groups is 1. The molecule has 4 atom stereocenters. The first-order valence-corrected chi connectivity index (χ1v) is 9.76. The van der Waals surface area contributed by atoms with E-state index < -0.39 is 11.6 Å². The lowest BCUT2D eigenvalue weighted by atomic mass is 9.80. The van der Waals surface area contributed by atoms with Crippen LogP contribution in [0.15, 0.2) is 30.3 Å². The summed E-state index contributed by atoms with van der Waals surface area (Å²) in [5.41, 5.74) is -0.819. The van der Waals surface area contributed by atoms with Crippen LogP contribution in [0.5, 0.6) is 0 Å². The van der Waals surface area contributed by atoms with Crippen LogP contribution in [-0.2, 0) is 15.1 Å². The van der Waals surface area contributed by atoms with Crippen molar-refractivity contribution in [1.82, 2.24) is 0 Å². The quantitative estimate of drug-likeness (QED) is 0.547. The van der Waals surface area contributed by atoms with Crippen molar-refractivity contribution in [2.75, 3.05) is 14.1 Å². The maximum absolute atomic E-state index is 13.2. The van der Waals surface area contributed by atoms with Crippen LogP contribution >= 0.6 is 0 Å². The topological polar surface area (TPSA) is 46.5 Å². The van der Waals surface area contributed by atoms with Crippen molar-refractivity contribution in [2.24, 2.45) is 5.92 Å². The highest BCUT2D eigenvalue weighted by Gasteiger charge is 2.58. The van der Waals surface area contributed by atoms with E-state index in [9.17, 15) is 9.90 Å². The summed E-state index contributed by atoms with van der Waals surface area (Å²) in [7, 11) is 4.49. The van der Waals surface area contributed by atoms with Crippen molar-refractivity contribution in [2.45, 2.75) is 68.7 Å². The second kappa shape index (κ2) is 7.25. The van der Waals surface area contributed by atoms with Crippen molar-refractivity contribution in [3.63, 3.8) is 0 Å². The molecule has 2 saturated heterocycles. The van der Waals surface area contributed by atoms with E-state index in [0.29, 0.717) is 17.6 Å². The summed E-state index contributed by atoms with van der Waals surface area (Å²) in [5.74, 6) is -0.466. The van der Waals surface area contributed by atoms with Crippen molar-refractivity contribution in [3.8, 4) is 0 Å². The Kier molecular flexibility index (Phi) is 5.53. The van der Waals surface area contributed by atoms with Gasteiger partial charge in [0.15, 0.2) is 11.7 Å². The van der Waals surface area contributed by atoms with Crippen LogP contribution in [0.25, 0.3) is 0 Å². The first-order valence-electron chi connectivity index (χ1n) is 9.76. The second-order valence-corrected chi connectivity index (χ2v) is 8.72. The second-order valence-electron chi connectivity index (χ2n) is 8.72. The van der Waals surface area contributed by atoms with Crippen LogP contribution in [0, 0.1) is 5.92 Å². The third-order valence-corrected chi connectivity index (χ3v) is 7.25. The smallest absolute Gasteiger partial charge is 0.343 e. The summed E-state index contributed by atoms with van der Waals surface area (Å²) in [6, 6.07) is 10.4. The van der Waals surface area contributed by atoms with E-state index in [0.717, 1.165) is 43.0 Å². The Morgan fingerprint density at radius 3 is 2.31 bits per heavy atom. The van der Waals surface area contributed by atoms with Crippen LogP contribution in [0.3, 0.4) is 0 Å². The fraction of sp³-hybridized carbons (Fsp3) is 0.667. The molecule has 2 aliphatic heterocycles. The summed E-state index contributed by atoms with van der Waals surface area (Å²) < 4.78 is 6.96. The van der Waals surface area contributed by atoms with Gasteiger partial charge in [-0.3, -0.25) is 0 Å². The third kappa shape index (κ3) is 3.02. The van der Waals surface area contributed by atoms with Crippen LogP contribution < -0.4 is 17.0 Å². The van der Waals surface area contributed by atoms with Gasteiger partial charge in [0.2, 0.25) is 0 Å². The molecule has 2 bridgehead atoms. The molecule has 3 aliphatic rings. The van der Waals surface area contributed by atoms with Crippen molar-refractivity contribution < 1.29 is 36.1 Å². The minimum atomic E-state index is -1.50. The van der Waals surface area contributed by atoms with Crippen molar-refractivity contribution >= 4 is 5.97 Å². The highest BCUT2D eigenvalue weighted by Crippen LogP contribution is 2.46. The number of halogens is 1. The van der Waals surface area contributed by atoms with Crippen molar-refractivity contribution in [1.29, 1.82) is 0 Å². The van der Waals surface area contributed by atoms with Gasteiger partial charge < -0.3 is 31.3 Å². The minimum absolute atomic E-state index is 0. The summed E-state index contributed by atoms with van der Waals surface area (Å²) >= 11 is 0. The fourth-order valence-corrected chi connectivity index (χ4v) is 5.64. The van der Waals surface area contributed by atoms with Gasteiger partial charge in [-0.25, -0.2) is 4.79 Å². The molecule has 1 aliphatic carbocycles. The predicted molar refractivity (Wildman–Crippen MR) is 95.7 cm³/mol. The van der Waals surface area contributed by atoms with Gasteiger partial charge in [0.05, 0.1) is 20.1 Å². The number of fused-ring (bicyclic) bond motifs is 2. The molecule has 5 heteroatoms. The molecular weight excluding hydrogens is 394 g/mol. The predicted octanol–water partition coefficient (Wildman–Crippen LogP) is -0.00870. The number of esters is 1. The number of ether oxygens (including phenoxy) is 1. The zero-order valence-electron chi connectivity index (χ0n) is 15.7. The lowest BCUT2D eigenvalue weighted by molar-refractivity contribution is -0.913. The molecule has 1 unspecified atom stereocenters. The van der Waals surface area contributed by atoms with E-state index in [1.807, 2.05) is 30.3 Å². The Morgan fingerprint density at radius 2 is 1.77 bits per heavy atom. The van der Waals surface area contributed by atoms with Gasteiger partial charge >= 0.3 is 5.97 Å². The molecule has 0 radical (unpaired) electrons. The average molecular weight is 424 g/mol. The molecular formula is C21H30BrNO3. The van der Waals surface area contributed by atoms with E-state index in [-0.39, 0.29) is 29.0 Å². The Bertz CT molecular complexity index is 644. The van der Waals surface area contributed by atoms with E-state index >= 15 is 0 Å². The monoisotopic (exact) mass is 423 g/mol. The molecule has 26 heavy (non-hydrogen) atoms. The lowest BCUT2D eigenvalue weighted by Crippen LogP contribution is -3.00. The Hall–Kier alpha value is -0.910. The third-order valence-electron chi connectivity index (χ3n) is 7.25. The number of quaternary nitrogens is 1. The van der Waals surface area contributed by atoms with Gasteiger partial charge in [-0.1, -0.05) is 43.2 Å². The Balaban J connectivity index is 0.00000196. The summed E-state index contributed by atoms with van der Waals surface area (Å²) in [6.45, 7) is 0. The maximum atomic E-state index is 13.2. The standard InChI is InChI=1S/C21H30NO3.BrH/c1-22(2)17-12-13-18(22)19(14-17)25-20(23)21(24,16-10-6-7-11-16)15-8-4-3-5-9-15;/h3-5,8-9,16-19,24H,6-7,10-14H2,1-2H3;1H/q+1;/p-1/t17?,18-,19-,21+;/m1./s1. The van der Waals surface area contributed by atoms with E-state index in [1.165, 1.54) is 6.42 Å². The number of aliphatic hydroxyl groups is 1. The largest absolute Gasteiger partial charge is 1.00 e. The maximum Gasteiger partial charge on any atom is 0.343 e. The van der Waals surface area contributed by atoms with E-state index in [1.54, 1.807) is 0 Å². The Morgan fingerprint density at radius 1 is 1.12 bits per heavy atom. The first kappa shape index (κ1) is 19.8. The molecule has 1 saturated carbocycles. The molecule has 0 amide bonds. The van der Waals surface area contributed by atoms with Gasteiger partial charge in [-0.2, -0.15) is 0 Å². The fourth-order valence-electron chi connectivity index (χ4n) is 5.64. The van der Waals surface area contributed by atoms with E-state index in [2.05, 4.69) is 14.1 Å². The minimum Gasteiger partial charge on any atom is -1.00 e. The Labute approximate surface area is 166 Å². The van der Waals surface area contributed by atoms with Gasteiger partial charge in [-0.15, -0.1) is 0 Å². The van der Waals surface area contributed by atoms with Crippen LogP contribution in [0.4, 0.5) is 0 Å². The summed E-state index contributed by atoms with van der Waals surface area (Å²) in [6.07, 6.45) is 7.13. The van der Waals surface area contributed by atoms with Crippen LogP contribution in [-0.4, -0.2) is 47.8 Å². The molecule has 4 rings (SSSR count). The van der Waals surface area contributed by atoms with Gasteiger partial charge in [0.1, 0.15) is 6.04 Å². The number of rotatable bonds is 4. The number of nitrogens with zero attached hydrogens (tertiary/aromatic N) is 1. The number of hydrogen-bond donors (Lipinski definition) is 1. The SMILES string of the molecule is C[N+]1(C)C2CC[C@@H]1[C@H](OC(=O)[C@](O)(c1ccccc1)C1CCCC1)C2.[Br-]. The summed E-state index contributed by atoms with van der Waals surface area (Å²) in [5, 5.41) is 11.5. The molecule has 2 heterocycles. The van der Waals surface area contributed by atoms with Gasteiger partial charge in [0.25, 0.3) is 0 Å². The van der Waals surface area contributed by atoms with Crippen LogP contribution in [0.2, 0.25) is 0 Å². The molecule has 0 spiro atoms. The lowest BCUT2D eigenvalue weighted by Gasteiger charge is -2.35. The number of benzene rings is 1.